The first-order valence-corrected chi connectivity index (χ1v) is 6.87. The van der Waals surface area contributed by atoms with Gasteiger partial charge in [-0.1, -0.05) is 0 Å². The zero-order valence-electron chi connectivity index (χ0n) is 12.0. The Morgan fingerprint density at radius 3 is 2.77 bits per heavy atom. The first kappa shape index (κ1) is 16.5. The van der Waals surface area contributed by atoms with Crippen molar-refractivity contribution in [3.05, 3.63) is 24.0 Å². The van der Waals surface area contributed by atoms with Crippen LogP contribution in [0.15, 0.2) is 18.3 Å². The normalized spacial score (nSPS) is 22.6. The Balaban J connectivity index is 1.97. The molecule has 2 rings (SSSR count). The van der Waals surface area contributed by atoms with Crippen LogP contribution in [0.3, 0.4) is 0 Å². The summed E-state index contributed by atoms with van der Waals surface area (Å²) in [5.41, 5.74) is 0.453. The van der Waals surface area contributed by atoms with Crippen molar-refractivity contribution in [2.75, 3.05) is 13.1 Å². The molecule has 1 aromatic rings. The number of aromatic nitrogens is 1. The van der Waals surface area contributed by atoms with Gasteiger partial charge in [-0.3, -0.25) is 9.78 Å². The molecule has 5 nitrogen and oxygen atoms in total. The number of hydrogen-bond donors (Lipinski definition) is 1. The minimum atomic E-state index is -4.32. The van der Waals surface area contributed by atoms with E-state index in [1.54, 1.807) is 6.92 Å². The number of hydrogen-bond acceptors (Lipinski definition) is 4. The number of carbonyl (C=O) groups is 1. The molecule has 122 valence electrons. The number of pyridine rings is 1. The number of halogens is 3. The third-order valence-electron chi connectivity index (χ3n) is 3.28. The molecular formula is C14H17F3N2O3. The Bertz CT molecular complexity index is 519. The topological polar surface area (TPSA) is 62.7 Å². The van der Waals surface area contributed by atoms with Gasteiger partial charge >= 0.3 is 6.18 Å². The fourth-order valence-electron chi connectivity index (χ4n) is 2.41. The molecule has 1 saturated heterocycles. The maximum absolute atomic E-state index is 12.5. The molecule has 2 atom stereocenters. The van der Waals surface area contributed by atoms with E-state index < -0.39 is 24.8 Å². The van der Waals surface area contributed by atoms with Crippen LogP contribution in [0.2, 0.25) is 0 Å². The Hall–Kier alpha value is -1.83. The van der Waals surface area contributed by atoms with E-state index in [1.807, 2.05) is 0 Å². The molecule has 1 N–H and O–H groups in total. The summed E-state index contributed by atoms with van der Waals surface area (Å²) in [5.74, 6) is -0.318. The first-order chi connectivity index (χ1) is 10.2. The maximum atomic E-state index is 12.5. The predicted octanol–water partition coefficient (Wildman–Crippen LogP) is 1.90. The average molecular weight is 318 g/mol. The van der Waals surface area contributed by atoms with E-state index in [2.05, 4.69) is 4.98 Å². The maximum Gasteiger partial charge on any atom is 0.391 e. The number of amides is 1. The molecule has 0 saturated carbocycles. The molecule has 1 aromatic heterocycles. The number of morpholine rings is 1. The number of rotatable bonds is 3. The molecule has 0 bridgehead atoms. The third kappa shape index (κ3) is 4.87. The number of carbonyl (C=O) groups excluding carboxylic acids is 1. The predicted molar refractivity (Wildman–Crippen MR) is 71.2 cm³/mol. The highest BCUT2D eigenvalue weighted by Gasteiger charge is 2.37. The molecular weight excluding hydrogens is 301 g/mol. The zero-order chi connectivity index (χ0) is 16.3. The smallest absolute Gasteiger partial charge is 0.391 e. The second-order valence-electron chi connectivity index (χ2n) is 5.37. The Morgan fingerprint density at radius 2 is 2.18 bits per heavy atom. The summed E-state index contributed by atoms with van der Waals surface area (Å²) in [6, 6.07) is 2.91. The largest absolute Gasteiger partial charge is 0.506 e. The van der Waals surface area contributed by atoms with E-state index in [9.17, 15) is 18.0 Å². The number of aromatic hydroxyl groups is 1. The summed E-state index contributed by atoms with van der Waals surface area (Å²) in [7, 11) is 0. The average Bonchev–Trinajstić information content (AvgIpc) is 2.38. The molecule has 0 spiro atoms. The molecule has 1 aliphatic heterocycles. The lowest BCUT2D eigenvalue weighted by atomic mass is 10.1. The van der Waals surface area contributed by atoms with Crippen molar-refractivity contribution >= 4 is 5.91 Å². The molecule has 1 amide bonds. The van der Waals surface area contributed by atoms with Gasteiger partial charge in [0, 0.05) is 18.8 Å². The van der Waals surface area contributed by atoms with Gasteiger partial charge in [0.05, 0.1) is 31.2 Å². The van der Waals surface area contributed by atoms with Crippen molar-refractivity contribution in [1.82, 2.24) is 9.88 Å². The fourth-order valence-corrected chi connectivity index (χ4v) is 2.41. The van der Waals surface area contributed by atoms with Crippen LogP contribution in [-0.4, -0.2) is 52.4 Å². The van der Waals surface area contributed by atoms with Gasteiger partial charge in [-0.2, -0.15) is 13.2 Å². The summed E-state index contributed by atoms with van der Waals surface area (Å²) in [4.78, 5) is 17.5. The molecule has 1 aliphatic rings. The summed E-state index contributed by atoms with van der Waals surface area (Å²) in [5, 5.41) is 9.14. The van der Waals surface area contributed by atoms with E-state index in [1.165, 1.54) is 23.2 Å². The van der Waals surface area contributed by atoms with Crippen LogP contribution in [0.5, 0.6) is 5.75 Å². The minimum Gasteiger partial charge on any atom is -0.506 e. The molecule has 2 unspecified atom stereocenters. The summed E-state index contributed by atoms with van der Waals surface area (Å²) < 4.78 is 42.6. The van der Waals surface area contributed by atoms with Crippen LogP contribution in [-0.2, 0) is 16.0 Å². The monoisotopic (exact) mass is 318 g/mol. The molecule has 0 aliphatic carbocycles. The minimum absolute atomic E-state index is 0.0126. The molecule has 22 heavy (non-hydrogen) atoms. The molecule has 2 heterocycles. The van der Waals surface area contributed by atoms with Gasteiger partial charge in [0.1, 0.15) is 5.75 Å². The van der Waals surface area contributed by atoms with Crippen molar-refractivity contribution < 1.29 is 27.8 Å². The molecule has 0 radical (unpaired) electrons. The summed E-state index contributed by atoms with van der Waals surface area (Å²) in [6.45, 7) is 1.81. The van der Waals surface area contributed by atoms with Crippen molar-refractivity contribution in [1.29, 1.82) is 0 Å². The number of alkyl halides is 3. The van der Waals surface area contributed by atoms with Gasteiger partial charge in [-0.25, -0.2) is 0 Å². The van der Waals surface area contributed by atoms with E-state index in [0.717, 1.165) is 0 Å². The fraction of sp³-hybridized carbons (Fsp3) is 0.571. The van der Waals surface area contributed by atoms with E-state index in [-0.39, 0.29) is 31.2 Å². The van der Waals surface area contributed by atoms with Crippen molar-refractivity contribution in [2.45, 2.75) is 38.1 Å². The van der Waals surface area contributed by atoms with Crippen LogP contribution < -0.4 is 0 Å². The van der Waals surface area contributed by atoms with Crippen LogP contribution in [0, 0.1) is 0 Å². The molecule has 8 heteroatoms. The highest BCUT2D eigenvalue weighted by Crippen LogP contribution is 2.26. The second-order valence-corrected chi connectivity index (χ2v) is 5.37. The summed E-state index contributed by atoms with van der Waals surface area (Å²) in [6.07, 6.45) is -5.69. The zero-order valence-corrected chi connectivity index (χ0v) is 12.0. The van der Waals surface area contributed by atoms with E-state index >= 15 is 0 Å². The second kappa shape index (κ2) is 6.51. The molecule has 0 aromatic carbocycles. The highest BCUT2D eigenvalue weighted by molar-refractivity contribution is 5.78. The van der Waals surface area contributed by atoms with Gasteiger partial charge in [-0.15, -0.1) is 0 Å². The number of ether oxygens (including phenoxy) is 1. The highest BCUT2D eigenvalue weighted by atomic mass is 19.4. The van der Waals surface area contributed by atoms with Gasteiger partial charge in [0.2, 0.25) is 5.91 Å². The quantitative estimate of drug-likeness (QED) is 0.924. The third-order valence-corrected chi connectivity index (χ3v) is 3.28. The lowest BCUT2D eigenvalue weighted by Crippen LogP contribution is -2.50. The van der Waals surface area contributed by atoms with Gasteiger partial charge in [0.15, 0.2) is 0 Å². The Morgan fingerprint density at radius 1 is 1.45 bits per heavy atom. The number of nitrogens with zero attached hydrogens (tertiary/aromatic N) is 2. The van der Waals surface area contributed by atoms with Crippen molar-refractivity contribution in [2.24, 2.45) is 0 Å². The van der Waals surface area contributed by atoms with Gasteiger partial charge in [-0.05, 0) is 19.1 Å². The van der Waals surface area contributed by atoms with Gasteiger partial charge in [0.25, 0.3) is 0 Å². The van der Waals surface area contributed by atoms with Crippen LogP contribution >= 0.6 is 0 Å². The van der Waals surface area contributed by atoms with Crippen molar-refractivity contribution in [3.63, 3.8) is 0 Å². The SMILES string of the molecule is CC1CN(C(=O)Cc2ccc(O)cn2)CC(CC(F)(F)F)O1. The lowest BCUT2D eigenvalue weighted by Gasteiger charge is -2.37. The standard InChI is InChI=1S/C14H17F3N2O3/c1-9-7-19(8-12(22-9)5-14(15,16)17)13(21)4-10-2-3-11(20)6-18-10/h2-3,6,9,12,20H,4-5,7-8H2,1H3. The van der Waals surface area contributed by atoms with Crippen LogP contribution in [0.25, 0.3) is 0 Å². The van der Waals surface area contributed by atoms with Crippen LogP contribution in [0.4, 0.5) is 13.2 Å². The first-order valence-electron chi connectivity index (χ1n) is 6.87. The summed E-state index contributed by atoms with van der Waals surface area (Å²) >= 11 is 0. The van der Waals surface area contributed by atoms with E-state index in [4.69, 9.17) is 9.84 Å². The van der Waals surface area contributed by atoms with Gasteiger partial charge < -0.3 is 14.7 Å². The van der Waals surface area contributed by atoms with Crippen molar-refractivity contribution in [3.8, 4) is 5.75 Å². The Labute approximate surface area is 125 Å². The molecule has 1 fully saturated rings. The van der Waals surface area contributed by atoms with Crippen LogP contribution in [0.1, 0.15) is 19.0 Å². The Kier molecular flexibility index (Phi) is 4.90. The van der Waals surface area contributed by atoms with E-state index in [0.29, 0.717) is 5.69 Å². The lowest BCUT2D eigenvalue weighted by molar-refractivity contribution is -0.184.